The maximum absolute atomic E-state index is 13.5. The fraction of sp³-hybridized carbons (Fsp3) is 0.690. The molecule has 1 aliphatic carbocycles. The Morgan fingerprint density at radius 2 is 1.87 bits per heavy atom. The number of likely N-dealkylation sites (tertiary alicyclic amines) is 1. The van der Waals surface area contributed by atoms with E-state index < -0.39 is 19.2 Å². The minimum atomic E-state index is -1.18. The lowest BCUT2D eigenvalue weighted by Crippen LogP contribution is -2.45. The van der Waals surface area contributed by atoms with Gasteiger partial charge in [0.1, 0.15) is 12.3 Å². The number of carbonyl (C=O) groups is 2. The number of nitrogens with zero attached hydrogens (tertiary/aromatic N) is 3. The topological polar surface area (TPSA) is 85.7 Å². The summed E-state index contributed by atoms with van der Waals surface area (Å²) in [5.41, 5.74) is 1.58. The number of para-hydroxylation sites is 1. The fourth-order valence-corrected chi connectivity index (χ4v) is 6.55. The van der Waals surface area contributed by atoms with E-state index >= 15 is 0 Å². The van der Waals surface area contributed by atoms with Crippen LogP contribution in [0.15, 0.2) is 18.2 Å². The summed E-state index contributed by atoms with van der Waals surface area (Å²) in [6.45, 7) is 23.0. The Balaban J connectivity index is 1.46. The SMILES string of the molecule is Cc1cccc2c(C(C)(C)NC(=O)C3C4CN(C(=O)OC(C)(C)C)CC43C)nn(COCC[Si](C)(C)C)c12. The minimum absolute atomic E-state index is 0.0214. The summed E-state index contributed by atoms with van der Waals surface area (Å²) >= 11 is 0. The summed E-state index contributed by atoms with van der Waals surface area (Å²) in [4.78, 5) is 27.8. The summed E-state index contributed by atoms with van der Waals surface area (Å²) in [5.74, 6) is 0.0376. The third-order valence-electron chi connectivity index (χ3n) is 7.94. The monoisotopic (exact) mass is 542 g/mol. The van der Waals surface area contributed by atoms with E-state index in [1.165, 1.54) is 0 Å². The summed E-state index contributed by atoms with van der Waals surface area (Å²) in [7, 11) is -1.18. The van der Waals surface area contributed by atoms with Crippen molar-refractivity contribution in [2.24, 2.45) is 17.3 Å². The molecule has 1 saturated heterocycles. The van der Waals surface area contributed by atoms with Gasteiger partial charge in [-0.2, -0.15) is 5.10 Å². The second kappa shape index (κ2) is 9.66. The predicted octanol–water partition coefficient (Wildman–Crippen LogP) is 5.51. The van der Waals surface area contributed by atoms with Crippen molar-refractivity contribution in [2.45, 2.75) is 92.0 Å². The first-order valence-corrected chi connectivity index (χ1v) is 17.5. The fourth-order valence-electron chi connectivity index (χ4n) is 5.80. The van der Waals surface area contributed by atoms with Gasteiger partial charge in [-0.25, -0.2) is 9.48 Å². The number of aryl methyl sites for hydroxylation is 1. The summed E-state index contributed by atoms with van der Waals surface area (Å²) in [5, 5.41) is 9.29. The van der Waals surface area contributed by atoms with Crippen molar-refractivity contribution in [3.05, 3.63) is 29.5 Å². The smallest absolute Gasteiger partial charge is 0.410 e. The van der Waals surface area contributed by atoms with Gasteiger partial charge < -0.3 is 19.7 Å². The van der Waals surface area contributed by atoms with Crippen LogP contribution in [0.2, 0.25) is 25.7 Å². The molecule has 1 N–H and O–H groups in total. The van der Waals surface area contributed by atoms with Gasteiger partial charge in [0.2, 0.25) is 5.91 Å². The van der Waals surface area contributed by atoms with Gasteiger partial charge in [0.25, 0.3) is 0 Å². The third-order valence-corrected chi connectivity index (χ3v) is 9.65. The van der Waals surface area contributed by atoms with Gasteiger partial charge in [0, 0.05) is 38.6 Å². The molecular formula is C29H46N4O4Si. The summed E-state index contributed by atoms with van der Waals surface area (Å²) < 4.78 is 13.5. The largest absolute Gasteiger partial charge is 0.444 e. The normalized spacial score (nSPS) is 23.5. The van der Waals surface area contributed by atoms with Crippen molar-refractivity contribution in [3.63, 3.8) is 0 Å². The van der Waals surface area contributed by atoms with Crippen molar-refractivity contribution in [3.8, 4) is 0 Å². The van der Waals surface area contributed by atoms with Crippen LogP contribution in [0, 0.1) is 24.2 Å². The Morgan fingerprint density at radius 3 is 2.45 bits per heavy atom. The van der Waals surface area contributed by atoms with Crippen LogP contribution in [0.25, 0.3) is 10.9 Å². The first kappa shape index (κ1) is 28.6. The molecule has 0 spiro atoms. The molecule has 9 heteroatoms. The zero-order chi connectivity index (χ0) is 28.3. The molecule has 1 saturated carbocycles. The van der Waals surface area contributed by atoms with Gasteiger partial charge >= 0.3 is 6.09 Å². The number of hydrogen-bond acceptors (Lipinski definition) is 5. The zero-order valence-electron chi connectivity index (χ0n) is 24.9. The molecule has 2 heterocycles. The number of fused-ring (bicyclic) bond motifs is 2. The Kier molecular flexibility index (Phi) is 7.27. The van der Waals surface area contributed by atoms with Crippen LogP contribution in [-0.2, 0) is 26.5 Å². The molecule has 3 unspecified atom stereocenters. The van der Waals surface area contributed by atoms with Gasteiger partial charge in [0.05, 0.1) is 22.7 Å². The van der Waals surface area contributed by atoms with Crippen molar-refractivity contribution in [1.29, 1.82) is 0 Å². The Hall–Kier alpha value is -2.39. The Morgan fingerprint density at radius 1 is 1.18 bits per heavy atom. The molecule has 1 aromatic carbocycles. The van der Waals surface area contributed by atoms with Crippen LogP contribution in [0.5, 0.6) is 0 Å². The first-order valence-electron chi connectivity index (χ1n) is 13.8. The highest BCUT2D eigenvalue weighted by Crippen LogP contribution is 2.63. The molecule has 2 aromatic rings. The number of benzene rings is 1. The summed E-state index contributed by atoms with van der Waals surface area (Å²) in [6, 6.07) is 7.30. The van der Waals surface area contributed by atoms with E-state index in [1.807, 2.05) is 45.4 Å². The van der Waals surface area contributed by atoms with Gasteiger partial charge in [0.15, 0.2) is 0 Å². The molecular weight excluding hydrogens is 496 g/mol. The number of aromatic nitrogens is 2. The van der Waals surface area contributed by atoms with Crippen molar-refractivity contribution in [1.82, 2.24) is 20.0 Å². The predicted molar refractivity (Wildman–Crippen MR) is 153 cm³/mol. The lowest BCUT2D eigenvalue weighted by atomic mass is 9.95. The van der Waals surface area contributed by atoms with E-state index in [0.717, 1.165) is 34.8 Å². The van der Waals surface area contributed by atoms with E-state index in [2.05, 4.69) is 50.9 Å². The number of ether oxygens (including phenoxy) is 2. The molecule has 8 nitrogen and oxygen atoms in total. The minimum Gasteiger partial charge on any atom is -0.444 e. The second-order valence-electron chi connectivity index (χ2n) is 14.2. The van der Waals surface area contributed by atoms with Crippen LogP contribution >= 0.6 is 0 Å². The van der Waals surface area contributed by atoms with E-state index in [0.29, 0.717) is 19.8 Å². The average Bonchev–Trinajstić information content (AvgIpc) is 3.04. The summed E-state index contributed by atoms with van der Waals surface area (Å²) in [6.07, 6.45) is -0.301. The Bertz CT molecular complexity index is 1230. The number of piperidine rings is 1. The van der Waals surface area contributed by atoms with Gasteiger partial charge in [-0.05, 0) is 59.1 Å². The number of amides is 2. The lowest BCUT2D eigenvalue weighted by molar-refractivity contribution is -0.125. The molecule has 4 rings (SSSR count). The number of rotatable bonds is 8. The zero-order valence-corrected chi connectivity index (χ0v) is 25.9. The molecule has 2 amide bonds. The lowest BCUT2D eigenvalue weighted by Gasteiger charge is -2.28. The average molecular weight is 543 g/mol. The molecule has 1 aliphatic heterocycles. The molecule has 38 heavy (non-hydrogen) atoms. The molecule has 0 bridgehead atoms. The highest BCUT2D eigenvalue weighted by Gasteiger charge is 2.70. The molecule has 3 atom stereocenters. The van der Waals surface area contributed by atoms with Crippen LogP contribution in [0.3, 0.4) is 0 Å². The van der Waals surface area contributed by atoms with Crippen LogP contribution in [-0.4, -0.2) is 60.1 Å². The van der Waals surface area contributed by atoms with Crippen molar-refractivity contribution in [2.75, 3.05) is 19.7 Å². The van der Waals surface area contributed by atoms with Crippen molar-refractivity contribution < 1.29 is 19.1 Å². The molecule has 1 aromatic heterocycles. The molecule has 0 radical (unpaired) electrons. The maximum atomic E-state index is 13.5. The second-order valence-corrected chi connectivity index (χ2v) is 19.9. The van der Waals surface area contributed by atoms with E-state index in [-0.39, 0.29) is 29.3 Å². The van der Waals surface area contributed by atoms with E-state index in [4.69, 9.17) is 14.6 Å². The number of nitrogens with one attached hydrogen (secondary N) is 1. The van der Waals surface area contributed by atoms with Crippen LogP contribution < -0.4 is 5.32 Å². The van der Waals surface area contributed by atoms with Gasteiger partial charge in [-0.1, -0.05) is 44.8 Å². The molecule has 210 valence electrons. The van der Waals surface area contributed by atoms with Crippen molar-refractivity contribution >= 4 is 31.0 Å². The Labute approximate surface area is 228 Å². The van der Waals surface area contributed by atoms with Crippen LogP contribution in [0.1, 0.15) is 52.8 Å². The van der Waals surface area contributed by atoms with Crippen LogP contribution in [0.4, 0.5) is 4.79 Å². The van der Waals surface area contributed by atoms with Gasteiger partial charge in [-0.3, -0.25) is 4.79 Å². The standard InChI is InChI=1S/C29H46N4O4Si/c1-19-12-11-13-20-23(19)33(18-36-14-15-38(8,9)10)31-24(20)28(5,6)30-25(34)22-21-16-32(17-29(21,22)7)26(35)37-27(2,3)4/h11-13,21-22H,14-18H2,1-10H3,(H,30,34). The highest BCUT2D eigenvalue weighted by atomic mass is 28.3. The van der Waals surface area contributed by atoms with E-state index in [9.17, 15) is 9.59 Å². The van der Waals surface area contributed by atoms with Gasteiger partial charge in [-0.15, -0.1) is 0 Å². The maximum Gasteiger partial charge on any atom is 0.410 e. The molecule has 2 aliphatic rings. The number of carbonyl (C=O) groups excluding carboxylic acids is 2. The molecule has 2 fully saturated rings. The third kappa shape index (κ3) is 5.78. The number of hydrogen-bond donors (Lipinski definition) is 1. The quantitative estimate of drug-likeness (QED) is 0.351. The highest BCUT2D eigenvalue weighted by molar-refractivity contribution is 6.76. The first-order chi connectivity index (χ1) is 17.4. The van der Waals surface area contributed by atoms with E-state index in [1.54, 1.807) is 4.90 Å².